The van der Waals surface area contributed by atoms with Crippen LogP contribution < -0.4 is 5.32 Å². The molecule has 1 rings (SSSR count). The van der Waals surface area contributed by atoms with Crippen molar-refractivity contribution in [3.8, 4) is 18.4 Å². The third-order valence-corrected chi connectivity index (χ3v) is 2.83. The topological polar surface area (TPSA) is 52.9 Å². The number of nitrogens with one attached hydrogen (secondary N) is 1. The number of amides is 1. The van der Waals surface area contributed by atoms with Crippen molar-refractivity contribution in [1.82, 2.24) is 5.32 Å². The number of hydrogen-bond donors (Lipinski definition) is 1. The summed E-state index contributed by atoms with van der Waals surface area (Å²) in [5.41, 5.74) is -1.52. The number of nitriles is 1. The van der Waals surface area contributed by atoms with E-state index in [1.54, 1.807) is 13.8 Å². The molecule has 0 radical (unpaired) electrons. The number of rotatable bonds is 2. The van der Waals surface area contributed by atoms with Crippen LogP contribution in [0.5, 0.6) is 0 Å². The van der Waals surface area contributed by atoms with E-state index < -0.39 is 11.0 Å². The van der Waals surface area contributed by atoms with Gasteiger partial charge in [0.05, 0.1) is 11.6 Å². The van der Waals surface area contributed by atoms with E-state index >= 15 is 0 Å². The van der Waals surface area contributed by atoms with Crippen molar-refractivity contribution >= 4 is 5.91 Å². The van der Waals surface area contributed by atoms with Gasteiger partial charge in [0.2, 0.25) is 5.91 Å². The summed E-state index contributed by atoms with van der Waals surface area (Å²) in [6.07, 6.45) is 6.55. The van der Waals surface area contributed by atoms with Crippen molar-refractivity contribution in [3.05, 3.63) is 0 Å². The molecule has 1 aliphatic rings. The smallest absolute Gasteiger partial charge is 0.241 e. The molecule has 0 bridgehead atoms. The predicted octanol–water partition coefficient (Wildman–Crippen LogP) is 1.45. The molecule has 0 saturated heterocycles. The van der Waals surface area contributed by atoms with Crippen molar-refractivity contribution < 1.29 is 4.79 Å². The molecule has 3 heteroatoms. The molecular weight excluding hydrogens is 188 g/mol. The summed E-state index contributed by atoms with van der Waals surface area (Å²) in [7, 11) is 0. The van der Waals surface area contributed by atoms with Gasteiger partial charge in [-0.1, -0.05) is 12.8 Å². The highest BCUT2D eigenvalue weighted by Crippen LogP contribution is 2.45. The largest absolute Gasteiger partial charge is 0.339 e. The molecule has 0 unspecified atom stereocenters. The second-order valence-corrected chi connectivity index (χ2v) is 4.93. The van der Waals surface area contributed by atoms with Gasteiger partial charge in [0, 0.05) is 0 Å². The number of hydrogen-bond acceptors (Lipinski definition) is 2. The second kappa shape index (κ2) is 3.59. The van der Waals surface area contributed by atoms with Crippen LogP contribution >= 0.6 is 0 Å². The Morgan fingerprint density at radius 3 is 2.47 bits per heavy atom. The molecule has 0 aromatic carbocycles. The zero-order chi connectivity index (χ0) is 11.7. The van der Waals surface area contributed by atoms with Crippen LogP contribution in [-0.4, -0.2) is 11.4 Å². The summed E-state index contributed by atoms with van der Waals surface area (Å²) < 4.78 is 0. The Hall–Kier alpha value is -1.48. The summed E-state index contributed by atoms with van der Waals surface area (Å²) in [4.78, 5) is 11.9. The van der Waals surface area contributed by atoms with Crippen LogP contribution in [-0.2, 0) is 4.79 Å². The van der Waals surface area contributed by atoms with Gasteiger partial charge in [-0.15, -0.1) is 6.42 Å². The Balaban J connectivity index is 2.71. The maximum atomic E-state index is 11.9. The van der Waals surface area contributed by atoms with E-state index in [1.165, 1.54) is 0 Å². The standard InChI is InChI=1S/C12H16N2O/c1-5-11(3,4)14-10(15)12(8-13)6-9(2)7-12/h1,9H,6-7H2,2-4H3,(H,14,15). The molecule has 0 aliphatic heterocycles. The van der Waals surface area contributed by atoms with Gasteiger partial charge in [-0.25, -0.2) is 0 Å². The van der Waals surface area contributed by atoms with Crippen molar-refractivity contribution in [1.29, 1.82) is 5.26 Å². The number of terminal acetylenes is 1. The van der Waals surface area contributed by atoms with Gasteiger partial charge in [0.1, 0.15) is 5.41 Å². The molecule has 1 saturated carbocycles. The predicted molar refractivity (Wildman–Crippen MR) is 57.5 cm³/mol. The van der Waals surface area contributed by atoms with Crippen LogP contribution in [0.15, 0.2) is 0 Å². The fourth-order valence-electron chi connectivity index (χ4n) is 1.90. The van der Waals surface area contributed by atoms with Crippen LogP contribution in [0.4, 0.5) is 0 Å². The van der Waals surface area contributed by atoms with E-state index in [0.29, 0.717) is 18.8 Å². The highest BCUT2D eigenvalue weighted by Gasteiger charge is 2.49. The lowest BCUT2D eigenvalue weighted by molar-refractivity contribution is -0.135. The van der Waals surface area contributed by atoms with E-state index in [1.807, 2.05) is 6.92 Å². The van der Waals surface area contributed by atoms with Gasteiger partial charge in [-0.05, 0) is 32.6 Å². The SMILES string of the molecule is C#CC(C)(C)NC(=O)C1(C#N)CC(C)C1. The summed E-state index contributed by atoms with van der Waals surface area (Å²) in [6, 6.07) is 2.11. The van der Waals surface area contributed by atoms with Crippen molar-refractivity contribution in [3.63, 3.8) is 0 Å². The first kappa shape index (κ1) is 11.6. The molecule has 3 nitrogen and oxygen atoms in total. The average Bonchev–Trinajstić information content (AvgIpc) is 2.11. The molecule has 0 spiro atoms. The summed E-state index contributed by atoms with van der Waals surface area (Å²) >= 11 is 0. The summed E-state index contributed by atoms with van der Waals surface area (Å²) in [6.45, 7) is 5.53. The Labute approximate surface area is 90.9 Å². The first-order valence-corrected chi connectivity index (χ1v) is 5.07. The molecule has 1 N–H and O–H groups in total. The van der Waals surface area contributed by atoms with Gasteiger partial charge >= 0.3 is 0 Å². The van der Waals surface area contributed by atoms with Crippen molar-refractivity contribution in [2.24, 2.45) is 11.3 Å². The van der Waals surface area contributed by atoms with E-state index in [-0.39, 0.29) is 5.91 Å². The van der Waals surface area contributed by atoms with E-state index in [2.05, 4.69) is 17.3 Å². The fourth-order valence-corrected chi connectivity index (χ4v) is 1.90. The number of nitrogens with zero attached hydrogens (tertiary/aromatic N) is 1. The summed E-state index contributed by atoms with van der Waals surface area (Å²) in [5, 5.41) is 11.8. The molecular formula is C12H16N2O. The lowest BCUT2D eigenvalue weighted by Gasteiger charge is -2.40. The number of carbonyl (C=O) groups excluding carboxylic acids is 1. The molecule has 0 aromatic heterocycles. The van der Waals surface area contributed by atoms with Gasteiger partial charge < -0.3 is 5.32 Å². The van der Waals surface area contributed by atoms with Crippen molar-refractivity contribution in [2.45, 2.75) is 39.2 Å². The van der Waals surface area contributed by atoms with E-state index in [9.17, 15) is 4.79 Å². The quantitative estimate of drug-likeness (QED) is 0.692. The first-order valence-electron chi connectivity index (χ1n) is 5.07. The Kier molecular flexibility index (Phi) is 2.77. The molecule has 15 heavy (non-hydrogen) atoms. The third kappa shape index (κ3) is 2.13. The molecule has 0 aromatic rings. The fraction of sp³-hybridized carbons (Fsp3) is 0.667. The zero-order valence-electron chi connectivity index (χ0n) is 9.42. The van der Waals surface area contributed by atoms with Crippen LogP contribution in [0.1, 0.15) is 33.6 Å². The van der Waals surface area contributed by atoms with Crippen LogP contribution in [0.3, 0.4) is 0 Å². The Bertz CT molecular complexity index is 351. The van der Waals surface area contributed by atoms with Gasteiger partial charge in [-0.2, -0.15) is 5.26 Å². The molecule has 0 heterocycles. The van der Waals surface area contributed by atoms with Gasteiger partial charge in [-0.3, -0.25) is 4.79 Å². The van der Waals surface area contributed by atoms with Crippen molar-refractivity contribution in [2.75, 3.05) is 0 Å². The molecule has 0 atom stereocenters. The van der Waals surface area contributed by atoms with Crippen LogP contribution in [0, 0.1) is 35.0 Å². The highest BCUT2D eigenvalue weighted by molar-refractivity contribution is 5.87. The zero-order valence-corrected chi connectivity index (χ0v) is 9.42. The maximum absolute atomic E-state index is 11.9. The minimum absolute atomic E-state index is 0.231. The normalized spacial score (nSPS) is 29.5. The minimum Gasteiger partial charge on any atom is -0.339 e. The van der Waals surface area contributed by atoms with Crippen LogP contribution in [0.25, 0.3) is 0 Å². The molecule has 1 aliphatic carbocycles. The second-order valence-electron chi connectivity index (χ2n) is 4.93. The summed E-state index contributed by atoms with van der Waals surface area (Å²) in [5.74, 6) is 2.70. The lowest BCUT2D eigenvalue weighted by atomic mass is 9.63. The molecule has 80 valence electrons. The molecule has 1 amide bonds. The Morgan fingerprint density at radius 2 is 2.13 bits per heavy atom. The van der Waals surface area contributed by atoms with E-state index in [4.69, 9.17) is 11.7 Å². The molecule has 1 fully saturated rings. The average molecular weight is 204 g/mol. The third-order valence-electron chi connectivity index (χ3n) is 2.83. The van der Waals surface area contributed by atoms with Crippen LogP contribution in [0.2, 0.25) is 0 Å². The minimum atomic E-state index is -0.840. The van der Waals surface area contributed by atoms with Gasteiger partial charge in [0.25, 0.3) is 0 Å². The first-order chi connectivity index (χ1) is 6.85. The highest BCUT2D eigenvalue weighted by atomic mass is 16.2. The monoisotopic (exact) mass is 204 g/mol. The van der Waals surface area contributed by atoms with Gasteiger partial charge in [0.15, 0.2) is 0 Å². The Morgan fingerprint density at radius 1 is 1.60 bits per heavy atom. The van der Waals surface area contributed by atoms with E-state index in [0.717, 1.165) is 0 Å². The maximum Gasteiger partial charge on any atom is 0.241 e. The number of carbonyl (C=O) groups is 1. The lowest BCUT2D eigenvalue weighted by Crippen LogP contribution is -2.53.